The molecule has 0 fully saturated rings. The Balaban J connectivity index is 1.61. The molecule has 3 aromatic rings. The Morgan fingerprint density at radius 2 is 2.00 bits per heavy atom. The Kier molecular flexibility index (Phi) is 4.43. The highest BCUT2D eigenvalue weighted by molar-refractivity contribution is 7.22. The molecule has 0 unspecified atom stereocenters. The number of para-hydroxylation sites is 2. The van der Waals surface area contributed by atoms with E-state index in [1.165, 1.54) is 17.4 Å². The summed E-state index contributed by atoms with van der Waals surface area (Å²) < 4.78 is 5.89. The van der Waals surface area contributed by atoms with Crippen molar-refractivity contribution in [2.75, 3.05) is 11.9 Å². The van der Waals surface area contributed by atoms with E-state index in [0.717, 1.165) is 10.2 Å². The van der Waals surface area contributed by atoms with Crippen LogP contribution in [0.25, 0.3) is 10.2 Å². The number of hydrogen-bond donors (Lipinski definition) is 2. The van der Waals surface area contributed by atoms with Crippen LogP contribution in [0, 0.1) is 6.92 Å². The molecule has 24 heavy (non-hydrogen) atoms. The number of esters is 1. The lowest BCUT2D eigenvalue weighted by Gasteiger charge is -2.07. The summed E-state index contributed by atoms with van der Waals surface area (Å²) in [4.78, 5) is 28.1. The van der Waals surface area contributed by atoms with E-state index in [4.69, 9.17) is 4.74 Å². The molecule has 1 heterocycles. The number of aromatic hydroxyl groups is 1. The van der Waals surface area contributed by atoms with E-state index >= 15 is 0 Å². The van der Waals surface area contributed by atoms with Gasteiger partial charge in [-0.05, 0) is 30.7 Å². The van der Waals surface area contributed by atoms with Crippen LogP contribution >= 0.6 is 11.3 Å². The summed E-state index contributed by atoms with van der Waals surface area (Å²) in [5.74, 6) is -1.39. The zero-order valence-electron chi connectivity index (χ0n) is 12.8. The van der Waals surface area contributed by atoms with Crippen LogP contribution < -0.4 is 5.32 Å². The monoisotopic (exact) mass is 342 g/mol. The molecule has 3 rings (SSSR count). The first-order valence-electron chi connectivity index (χ1n) is 7.16. The van der Waals surface area contributed by atoms with Crippen LogP contribution in [0.1, 0.15) is 15.9 Å². The number of rotatable bonds is 4. The molecule has 0 saturated heterocycles. The van der Waals surface area contributed by atoms with Gasteiger partial charge in [0.1, 0.15) is 11.3 Å². The first-order chi connectivity index (χ1) is 11.5. The third kappa shape index (κ3) is 3.36. The second-order valence-electron chi connectivity index (χ2n) is 5.08. The normalized spacial score (nSPS) is 10.5. The van der Waals surface area contributed by atoms with Gasteiger partial charge in [0.15, 0.2) is 11.7 Å². The van der Waals surface area contributed by atoms with Crippen LogP contribution in [-0.4, -0.2) is 28.6 Å². The number of amides is 1. The SMILES string of the molecule is Cc1cccc(C(=O)OCC(=O)Nc2nc3ccccc3s2)c1O. The minimum Gasteiger partial charge on any atom is -0.507 e. The number of phenols is 1. The highest BCUT2D eigenvalue weighted by Gasteiger charge is 2.16. The number of carbonyl (C=O) groups excluding carboxylic acids is 2. The van der Waals surface area contributed by atoms with Gasteiger partial charge in [0.05, 0.1) is 10.2 Å². The number of nitrogens with zero attached hydrogens (tertiary/aromatic N) is 1. The summed E-state index contributed by atoms with van der Waals surface area (Å²) in [5, 5.41) is 12.9. The van der Waals surface area contributed by atoms with Gasteiger partial charge in [-0.3, -0.25) is 10.1 Å². The Bertz CT molecular complexity index is 887. The van der Waals surface area contributed by atoms with E-state index < -0.39 is 18.5 Å². The molecule has 122 valence electrons. The van der Waals surface area contributed by atoms with Crippen molar-refractivity contribution in [1.29, 1.82) is 0 Å². The molecule has 0 aliphatic heterocycles. The Hall–Kier alpha value is -2.93. The van der Waals surface area contributed by atoms with Crippen LogP contribution in [0.2, 0.25) is 0 Å². The van der Waals surface area contributed by atoms with Crippen molar-refractivity contribution in [3.8, 4) is 5.75 Å². The van der Waals surface area contributed by atoms with Gasteiger partial charge in [0.2, 0.25) is 0 Å². The van der Waals surface area contributed by atoms with Crippen molar-refractivity contribution >= 4 is 38.6 Å². The summed E-state index contributed by atoms with van der Waals surface area (Å²) in [6, 6.07) is 12.3. The molecule has 0 aliphatic carbocycles. The number of carbonyl (C=O) groups is 2. The molecule has 0 aliphatic rings. The van der Waals surface area contributed by atoms with E-state index in [0.29, 0.717) is 10.7 Å². The number of aryl methyl sites for hydroxylation is 1. The van der Waals surface area contributed by atoms with Crippen LogP contribution in [0.5, 0.6) is 5.75 Å². The maximum absolute atomic E-state index is 11.9. The molecule has 0 atom stereocenters. The van der Waals surface area contributed by atoms with Gasteiger partial charge in [0.25, 0.3) is 5.91 Å². The minimum absolute atomic E-state index is 0.0304. The van der Waals surface area contributed by atoms with Crippen LogP contribution in [0.4, 0.5) is 5.13 Å². The average Bonchev–Trinajstić information content (AvgIpc) is 2.97. The summed E-state index contributed by atoms with van der Waals surface area (Å²) in [7, 11) is 0. The molecule has 7 heteroatoms. The standard InChI is InChI=1S/C17H14N2O4S/c1-10-5-4-6-11(15(10)21)16(22)23-9-14(20)19-17-18-12-7-2-3-8-13(12)24-17/h2-8,21H,9H2,1H3,(H,18,19,20). The van der Waals surface area contributed by atoms with Crippen LogP contribution in [0.3, 0.4) is 0 Å². The molecule has 1 aromatic heterocycles. The third-order valence-corrected chi connectivity index (χ3v) is 4.28. The summed E-state index contributed by atoms with van der Waals surface area (Å²) in [6.45, 7) is 1.22. The summed E-state index contributed by atoms with van der Waals surface area (Å²) in [6.07, 6.45) is 0. The van der Waals surface area contributed by atoms with E-state index in [1.54, 1.807) is 19.1 Å². The number of anilines is 1. The number of benzene rings is 2. The number of hydrogen-bond acceptors (Lipinski definition) is 6. The predicted octanol–water partition coefficient (Wildman–Crippen LogP) is 3.11. The zero-order chi connectivity index (χ0) is 17.1. The lowest BCUT2D eigenvalue weighted by atomic mass is 10.1. The van der Waals surface area contributed by atoms with Crippen molar-refractivity contribution in [2.24, 2.45) is 0 Å². The molecule has 2 N–H and O–H groups in total. The van der Waals surface area contributed by atoms with E-state index in [9.17, 15) is 14.7 Å². The second kappa shape index (κ2) is 6.67. The largest absolute Gasteiger partial charge is 0.507 e. The minimum atomic E-state index is -0.754. The number of phenolic OH excluding ortho intramolecular Hbond substituents is 1. The maximum Gasteiger partial charge on any atom is 0.342 e. The van der Waals surface area contributed by atoms with Crippen LogP contribution in [-0.2, 0) is 9.53 Å². The second-order valence-corrected chi connectivity index (χ2v) is 6.11. The maximum atomic E-state index is 11.9. The van der Waals surface area contributed by atoms with Crippen molar-refractivity contribution in [3.63, 3.8) is 0 Å². The van der Waals surface area contributed by atoms with Gasteiger partial charge in [-0.1, -0.05) is 35.6 Å². The Morgan fingerprint density at radius 3 is 2.79 bits per heavy atom. The molecule has 6 nitrogen and oxygen atoms in total. The van der Waals surface area contributed by atoms with Crippen molar-refractivity contribution < 1.29 is 19.4 Å². The number of ether oxygens (including phenoxy) is 1. The molecule has 0 spiro atoms. The molecule has 1 amide bonds. The van der Waals surface area contributed by atoms with Gasteiger partial charge in [-0.2, -0.15) is 0 Å². The fourth-order valence-corrected chi connectivity index (χ4v) is 3.00. The first kappa shape index (κ1) is 15.9. The highest BCUT2D eigenvalue weighted by atomic mass is 32.1. The van der Waals surface area contributed by atoms with E-state index in [1.807, 2.05) is 24.3 Å². The number of thiazole rings is 1. The van der Waals surface area contributed by atoms with Gasteiger partial charge < -0.3 is 9.84 Å². The van der Waals surface area contributed by atoms with Crippen molar-refractivity contribution in [2.45, 2.75) is 6.92 Å². The summed E-state index contributed by atoms with van der Waals surface area (Å²) >= 11 is 1.34. The summed E-state index contributed by atoms with van der Waals surface area (Å²) in [5.41, 5.74) is 1.38. The number of fused-ring (bicyclic) bond motifs is 1. The topological polar surface area (TPSA) is 88.5 Å². The van der Waals surface area contributed by atoms with Gasteiger partial charge in [-0.15, -0.1) is 0 Å². The molecule has 0 bridgehead atoms. The Labute approximate surface area is 141 Å². The average molecular weight is 342 g/mol. The van der Waals surface area contributed by atoms with E-state index in [2.05, 4.69) is 10.3 Å². The van der Waals surface area contributed by atoms with E-state index in [-0.39, 0.29) is 11.3 Å². The van der Waals surface area contributed by atoms with Gasteiger partial charge in [-0.25, -0.2) is 9.78 Å². The fourth-order valence-electron chi connectivity index (χ4n) is 2.11. The predicted molar refractivity (Wildman–Crippen MR) is 91.4 cm³/mol. The fraction of sp³-hybridized carbons (Fsp3) is 0.118. The molecule has 0 radical (unpaired) electrons. The molecular weight excluding hydrogens is 328 g/mol. The number of aromatic nitrogens is 1. The van der Waals surface area contributed by atoms with Gasteiger partial charge >= 0.3 is 5.97 Å². The third-order valence-electron chi connectivity index (χ3n) is 3.33. The van der Waals surface area contributed by atoms with Crippen LogP contribution in [0.15, 0.2) is 42.5 Å². The lowest BCUT2D eigenvalue weighted by Crippen LogP contribution is -2.20. The van der Waals surface area contributed by atoms with Crippen molar-refractivity contribution in [3.05, 3.63) is 53.6 Å². The molecule has 2 aromatic carbocycles. The highest BCUT2D eigenvalue weighted by Crippen LogP contribution is 2.25. The first-order valence-corrected chi connectivity index (χ1v) is 7.97. The lowest BCUT2D eigenvalue weighted by molar-refractivity contribution is -0.119. The zero-order valence-corrected chi connectivity index (χ0v) is 13.6. The molecular formula is C17H14N2O4S. The van der Waals surface area contributed by atoms with Gasteiger partial charge in [0, 0.05) is 0 Å². The molecule has 0 saturated carbocycles. The number of nitrogens with one attached hydrogen (secondary N) is 1. The smallest absolute Gasteiger partial charge is 0.342 e. The van der Waals surface area contributed by atoms with Crippen molar-refractivity contribution in [1.82, 2.24) is 4.98 Å². The quantitative estimate of drug-likeness (QED) is 0.711. The Morgan fingerprint density at radius 1 is 1.21 bits per heavy atom.